The highest BCUT2D eigenvalue weighted by Crippen LogP contribution is 2.24. The van der Waals surface area contributed by atoms with E-state index in [2.05, 4.69) is 0 Å². The van der Waals surface area contributed by atoms with Gasteiger partial charge in [0.2, 0.25) is 0 Å². The number of hydrogen-bond acceptors (Lipinski definition) is 3. The van der Waals surface area contributed by atoms with E-state index in [1.165, 1.54) is 0 Å². The van der Waals surface area contributed by atoms with Crippen molar-refractivity contribution in [2.24, 2.45) is 0 Å². The van der Waals surface area contributed by atoms with Crippen LogP contribution in [0, 0.1) is 0 Å². The minimum absolute atomic E-state index is 0.615. The molecule has 0 radical (unpaired) electrons. The number of aromatic hydroxyl groups is 2. The van der Waals surface area contributed by atoms with Gasteiger partial charge in [-0.05, 0) is 24.0 Å². The quantitative estimate of drug-likeness (QED) is 0.555. The molecule has 0 bridgehead atoms. The zero-order valence-corrected chi connectivity index (χ0v) is 5.55. The standard InChI is InChI=1S/C8H10O3/c9-4-3-6-1-2-7(10)8(11)5-6/h1-2,5,9-11H,3-4H2/i1D,2D,3D2,5D. The Bertz CT molecular complexity index is 403. The second-order valence-electron chi connectivity index (χ2n) is 1.78. The average Bonchev–Trinajstić information content (AvgIpc) is 2.23. The normalized spacial score (nSPS) is 17.7. The lowest BCUT2D eigenvalue weighted by atomic mass is 10.1. The molecule has 1 aromatic rings. The van der Waals surface area contributed by atoms with Gasteiger partial charge in [0.15, 0.2) is 11.5 Å². The second-order valence-corrected chi connectivity index (χ2v) is 1.78. The predicted molar refractivity (Wildman–Crippen MR) is 40.6 cm³/mol. The first kappa shape index (κ1) is 3.45. The van der Waals surface area contributed by atoms with Crippen LogP contribution < -0.4 is 0 Å². The van der Waals surface area contributed by atoms with Crippen molar-refractivity contribution in [2.45, 2.75) is 6.37 Å². The molecule has 3 nitrogen and oxygen atoms in total. The monoisotopic (exact) mass is 159 g/mol. The van der Waals surface area contributed by atoms with Crippen molar-refractivity contribution in [1.82, 2.24) is 0 Å². The summed E-state index contributed by atoms with van der Waals surface area (Å²) in [7, 11) is 0. The fraction of sp³-hybridized carbons (Fsp3) is 0.250. The van der Waals surface area contributed by atoms with E-state index >= 15 is 0 Å². The number of hydrogen-bond donors (Lipinski definition) is 3. The first-order valence-corrected chi connectivity index (χ1v) is 2.87. The van der Waals surface area contributed by atoms with Crippen LogP contribution in [0.5, 0.6) is 11.5 Å². The van der Waals surface area contributed by atoms with Crippen LogP contribution >= 0.6 is 0 Å². The van der Waals surface area contributed by atoms with Crippen LogP contribution in [0.15, 0.2) is 18.1 Å². The Kier molecular flexibility index (Phi) is 1.02. The largest absolute Gasteiger partial charge is 0.504 e. The zero-order valence-electron chi connectivity index (χ0n) is 10.5. The van der Waals surface area contributed by atoms with E-state index in [1.54, 1.807) is 0 Å². The molecule has 1 aromatic carbocycles. The number of rotatable bonds is 2. The van der Waals surface area contributed by atoms with Gasteiger partial charge in [0.05, 0.1) is 4.11 Å². The summed E-state index contributed by atoms with van der Waals surface area (Å²) >= 11 is 0. The van der Waals surface area contributed by atoms with Crippen LogP contribution in [0.2, 0.25) is 0 Å². The van der Waals surface area contributed by atoms with Crippen molar-refractivity contribution in [1.29, 1.82) is 0 Å². The molecule has 0 aromatic heterocycles. The Morgan fingerprint density at radius 3 is 2.73 bits per heavy atom. The molecule has 0 heterocycles. The molecule has 1 rings (SSSR count). The highest BCUT2D eigenvalue weighted by molar-refractivity contribution is 5.40. The van der Waals surface area contributed by atoms with Crippen molar-refractivity contribution in [2.75, 3.05) is 6.61 Å². The van der Waals surface area contributed by atoms with Gasteiger partial charge in [-0.25, -0.2) is 0 Å². The summed E-state index contributed by atoms with van der Waals surface area (Å²) in [4.78, 5) is 0. The lowest BCUT2D eigenvalue weighted by Gasteiger charge is -2.00. The zero-order chi connectivity index (χ0) is 12.7. The van der Waals surface area contributed by atoms with Crippen LogP contribution in [0.25, 0.3) is 0 Å². The summed E-state index contributed by atoms with van der Waals surface area (Å²) in [5.41, 5.74) is -0.615. The highest BCUT2D eigenvalue weighted by atomic mass is 16.3. The fourth-order valence-electron chi connectivity index (χ4n) is 0.557. The van der Waals surface area contributed by atoms with Gasteiger partial charge in [-0.2, -0.15) is 0 Å². The highest BCUT2D eigenvalue weighted by Gasteiger charge is 1.98. The molecule has 0 aliphatic rings. The lowest BCUT2D eigenvalue weighted by molar-refractivity contribution is 0.299. The van der Waals surface area contributed by atoms with E-state index < -0.39 is 48.2 Å². The van der Waals surface area contributed by atoms with Gasteiger partial charge < -0.3 is 15.3 Å². The molecular weight excluding hydrogens is 144 g/mol. The van der Waals surface area contributed by atoms with E-state index in [9.17, 15) is 5.11 Å². The minimum Gasteiger partial charge on any atom is -0.504 e. The Hall–Kier alpha value is -1.22. The third kappa shape index (κ3) is 1.85. The van der Waals surface area contributed by atoms with Crippen molar-refractivity contribution in [3.05, 3.63) is 23.7 Å². The molecule has 0 aliphatic heterocycles. The summed E-state index contributed by atoms with van der Waals surface area (Å²) in [5.74, 6) is -1.90. The summed E-state index contributed by atoms with van der Waals surface area (Å²) in [6.07, 6.45) is -2.42. The molecule has 60 valence electrons. The van der Waals surface area contributed by atoms with Gasteiger partial charge in [-0.3, -0.25) is 0 Å². The van der Waals surface area contributed by atoms with Crippen LogP contribution in [0.1, 0.15) is 12.4 Å². The third-order valence-corrected chi connectivity index (χ3v) is 1.03. The maximum atomic E-state index is 9.26. The first-order valence-electron chi connectivity index (χ1n) is 5.37. The smallest absolute Gasteiger partial charge is 0.157 e. The molecule has 3 heteroatoms. The topological polar surface area (TPSA) is 60.7 Å². The van der Waals surface area contributed by atoms with E-state index in [-0.39, 0.29) is 0 Å². The maximum Gasteiger partial charge on any atom is 0.157 e. The molecule has 0 amide bonds. The van der Waals surface area contributed by atoms with Crippen LogP contribution in [0.4, 0.5) is 0 Å². The Morgan fingerprint density at radius 2 is 2.09 bits per heavy atom. The Morgan fingerprint density at radius 1 is 1.36 bits per heavy atom. The van der Waals surface area contributed by atoms with E-state index in [1.807, 2.05) is 0 Å². The molecule has 0 aliphatic carbocycles. The van der Waals surface area contributed by atoms with Gasteiger partial charge in [0, 0.05) is 9.35 Å². The molecule has 0 spiro atoms. The van der Waals surface area contributed by atoms with Gasteiger partial charge in [-0.1, -0.05) is 6.04 Å². The van der Waals surface area contributed by atoms with Crippen LogP contribution in [-0.2, 0) is 6.37 Å². The summed E-state index contributed by atoms with van der Waals surface area (Å²) in [6.45, 7) is -0.992. The summed E-state index contributed by atoms with van der Waals surface area (Å²) in [5, 5.41) is 27.2. The number of aliphatic hydroxyl groups excluding tert-OH is 1. The number of phenols is 2. The van der Waals surface area contributed by atoms with E-state index in [0.717, 1.165) is 0 Å². The average molecular weight is 159 g/mol. The van der Waals surface area contributed by atoms with Crippen molar-refractivity contribution in [3.8, 4) is 11.5 Å². The maximum absolute atomic E-state index is 9.26. The molecule has 3 N–H and O–H groups in total. The van der Waals surface area contributed by atoms with Crippen LogP contribution in [-0.4, -0.2) is 21.9 Å². The van der Waals surface area contributed by atoms with Crippen molar-refractivity contribution in [3.63, 3.8) is 0 Å². The van der Waals surface area contributed by atoms with Gasteiger partial charge in [-0.15, -0.1) is 0 Å². The van der Waals surface area contributed by atoms with Gasteiger partial charge in [0.1, 0.15) is 0 Å². The Balaban J connectivity index is 3.65. The first-order chi connectivity index (χ1) is 7.24. The minimum atomic E-state index is -2.42. The Labute approximate surface area is 71.6 Å². The molecule has 0 fully saturated rings. The molecule has 11 heavy (non-hydrogen) atoms. The van der Waals surface area contributed by atoms with Crippen molar-refractivity contribution >= 4 is 0 Å². The van der Waals surface area contributed by atoms with E-state index in [4.69, 9.17) is 17.1 Å². The second kappa shape index (κ2) is 3.25. The van der Waals surface area contributed by atoms with E-state index in [0.29, 0.717) is 0 Å². The van der Waals surface area contributed by atoms with Crippen molar-refractivity contribution < 1.29 is 22.2 Å². The number of phenolic OH excluding ortho intramolecular Hbond substituents is 2. The number of aliphatic hydroxyl groups is 1. The summed E-state index contributed by atoms with van der Waals surface area (Å²) in [6, 6.07) is -2.29. The van der Waals surface area contributed by atoms with Crippen LogP contribution in [0.3, 0.4) is 0 Å². The summed E-state index contributed by atoms with van der Waals surface area (Å²) < 4.78 is 36.7. The lowest BCUT2D eigenvalue weighted by Crippen LogP contribution is -1.89. The number of benzene rings is 1. The van der Waals surface area contributed by atoms with Gasteiger partial charge in [0.25, 0.3) is 0 Å². The third-order valence-electron chi connectivity index (χ3n) is 1.03. The predicted octanol–water partition coefficient (Wildman–Crippen LogP) is 0.633. The molecular formula is C8H10O3. The molecule has 0 saturated heterocycles. The molecule has 0 unspecified atom stereocenters. The fourth-order valence-corrected chi connectivity index (χ4v) is 0.557. The van der Waals surface area contributed by atoms with Gasteiger partial charge >= 0.3 is 0 Å². The SMILES string of the molecule is [2H]c1c([2H])c(C([2H])([2H])CO)c([2H])c(O)c1O. The molecule has 0 saturated carbocycles. The molecule has 0 atom stereocenters.